The maximum Gasteiger partial charge on any atom is 0.167 e. The molecule has 2 N–H and O–H groups in total. The predicted octanol–water partition coefficient (Wildman–Crippen LogP) is 1.24. The highest BCUT2D eigenvalue weighted by Crippen LogP contribution is 2.10. The summed E-state index contributed by atoms with van der Waals surface area (Å²) in [4.78, 5) is 0. The summed E-state index contributed by atoms with van der Waals surface area (Å²) in [5.74, 6) is 0.735. The molecule has 5 heteroatoms. The number of aryl methyl sites for hydroxylation is 3. The van der Waals surface area contributed by atoms with Crippen LogP contribution in [-0.2, 0) is 13.0 Å². The predicted molar refractivity (Wildman–Crippen MR) is 65.3 cm³/mol. The molecule has 0 aliphatic heterocycles. The summed E-state index contributed by atoms with van der Waals surface area (Å²) >= 11 is 0. The Bertz CT molecular complexity index is 489. The normalized spacial score (nSPS) is 12.6. The lowest BCUT2D eigenvalue weighted by Crippen LogP contribution is -2.15. The Labute approximate surface area is 101 Å². The molecule has 2 rings (SSSR count). The van der Waals surface area contributed by atoms with Gasteiger partial charge in [0.15, 0.2) is 5.82 Å². The molecule has 0 aliphatic rings. The molecule has 1 aromatic carbocycles. The van der Waals surface area contributed by atoms with Gasteiger partial charge in [-0.05, 0) is 41.8 Å². The number of nitrogens with zero attached hydrogens (tertiary/aromatic N) is 4. The third kappa shape index (κ3) is 2.68. The Morgan fingerprint density at radius 3 is 2.82 bits per heavy atom. The van der Waals surface area contributed by atoms with Gasteiger partial charge in [0, 0.05) is 6.54 Å². The van der Waals surface area contributed by atoms with Crippen LogP contribution in [0.15, 0.2) is 24.3 Å². The van der Waals surface area contributed by atoms with Crippen LogP contribution < -0.4 is 5.73 Å². The molecule has 5 nitrogen and oxygen atoms in total. The molecule has 1 heterocycles. The molecule has 0 saturated heterocycles. The zero-order valence-corrected chi connectivity index (χ0v) is 10.2. The van der Waals surface area contributed by atoms with Crippen molar-refractivity contribution in [1.82, 2.24) is 20.2 Å². The Morgan fingerprint density at radius 2 is 2.12 bits per heavy atom. The van der Waals surface area contributed by atoms with E-state index in [1.165, 1.54) is 11.1 Å². The van der Waals surface area contributed by atoms with Crippen LogP contribution >= 0.6 is 0 Å². The van der Waals surface area contributed by atoms with Crippen molar-refractivity contribution in [3.8, 4) is 0 Å². The number of rotatable bonds is 4. The lowest BCUT2D eigenvalue weighted by molar-refractivity contribution is 0.542. The molecule has 0 spiro atoms. The van der Waals surface area contributed by atoms with Gasteiger partial charge in [0.05, 0.1) is 6.04 Å². The standard InChI is InChI=1S/C12H17N5/c1-9-5-3-4-6-11(9)7-8-17-12(10(2)13)14-15-16-17/h3-6,10H,7-8,13H2,1-2H3. The summed E-state index contributed by atoms with van der Waals surface area (Å²) in [6.07, 6.45) is 0.914. The molecule has 1 aromatic heterocycles. The van der Waals surface area contributed by atoms with Crippen molar-refractivity contribution in [3.63, 3.8) is 0 Å². The van der Waals surface area contributed by atoms with Gasteiger partial charge in [0.1, 0.15) is 0 Å². The molecule has 0 amide bonds. The molecule has 0 saturated carbocycles. The number of nitrogens with two attached hydrogens (primary N) is 1. The van der Waals surface area contributed by atoms with E-state index < -0.39 is 0 Å². The van der Waals surface area contributed by atoms with E-state index in [4.69, 9.17) is 5.73 Å². The van der Waals surface area contributed by atoms with Crippen LogP contribution in [0.4, 0.5) is 0 Å². The Balaban J connectivity index is 2.08. The fourth-order valence-corrected chi connectivity index (χ4v) is 1.81. The van der Waals surface area contributed by atoms with Gasteiger partial charge in [-0.15, -0.1) is 5.10 Å². The van der Waals surface area contributed by atoms with Gasteiger partial charge in [-0.1, -0.05) is 24.3 Å². The Kier molecular flexibility index (Phi) is 3.49. The molecule has 90 valence electrons. The van der Waals surface area contributed by atoms with Crippen LogP contribution in [0.2, 0.25) is 0 Å². The molecular weight excluding hydrogens is 214 g/mol. The first-order valence-corrected chi connectivity index (χ1v) is 5.74. The SMILES string of the molecule is Cc1ccccc1CCn1nnnc1C(C)N. The lowest BCUT2D eigenvalue weighted by Gasteiger charge is -2.08. The average Bonchev–Trinajstić information content (AvgIpc) is 2.76. The van der Waals surface area contributed by atoms with Crippen molar-refractivity contribution >= 4 is 0 Å². The van der Waals surface area contributed by atoms with Crippen LogP contribution in [0.25, 0.3) is 0 Å². The van der Waals surface area contributed by atoms with Gasteiger partial charge in [-0.25, -0.2) is 4.68 Å². The van der Waals surface area contributed by atoms with E-state index in [2.05, 4.69) is 34.6 Å². The van der Waals surface area contributed by atoms with Gasteiger partial charge in [-0.2, -0.15) is 0 Å². The number of hydrogen-bond donors (Lipinski definition) is 1. The molecule has 1 atom stereocenters. The highest BCUT2D eigenvalue weighted by atomic mass is 15.5. The van der Waals surface area contributed by atoms with E-state index in [0.29, 0.717) is 0 Å². The van der Waals surface area contributed by atoms with Crippen LogP contribution in [-0.4, -0.2) is 20.2 Å². The summed E-state index contributed by atoms with van der Waals surface area (Å²) in [5, 5.41) is 11.5. The van der Waals surface area contributed by atoms with Crippen molar-refractivity contribution in [2.75, 3.05) is 0 Å². The van der Waals surface area contributed by atoms with Crippen LogP contribution in [0.5, 0.6) is 0 Å². The topological polar surface area (TPSA) is 69.6 Å². The van der Waals surface area contributed by atoms with Crippen molar-refractivity contribution in [3.05, 3.63) is 41.2 Å². The quantitative estimate of drug-likeness (QED) is 0.859. The van der Waals surface area contributed by atoms with Crippen LogP contribution in [0, 0.1) is 6.92 Å². The monoisotopic (exact) mass is 231 g/mol. The summed E-state index contributed by atoms with van der Waals surface area (Å²) in [6.45, 7) is 4.76. The van der Waals surface area contributed by atoms with Crippen LogP contribution in [0.3, 0.4) is 0 Å². The van der Waals surface area contributed by atoms with Gasteiger partial charge < -0.3 is 5.73 Å². The minimum absolute atomic E-state index is 0.137. The Morgan fingerprint density at radius 1 is 1.35 bits per heavy atom. The molecule has 2 aromatic rings. The Hall–Kier alpha value is -1.75. The fourth-order valence-electron chi connectivity index (χ4n) is 1.81. The smallest absolute Gasteiger partial charge is 0.167 e. The van der Waals surface area contributed by atoms with E-state index in [9.17, 15) is 0 Å². The molecule has 0 radical (unpaired) electrons. The van der Waals surface area contributed by atoms with E-state index in [-0.39, 0.29) is 6.04 Å². The zero-order valence-electron chi connectivity index (χ0n) is 10.2. The lowest BCUT2D eigenvalue weighted by atomic mass is 10.1. The van der Waals surface area contributed by atoms with E-state index in [1.807, 2.05) is 19.1 Å². The van der Waals surface area contributed by atoms with Gasteiger partial charge in [0.2, 0.25) is 0 Å². The largest absolute Gasteiger partial charge is 0.322 e. The molecular formula is C12H17N5. The summed E-state index contributed by atoms with van der Waals surface area (Å²) in [6, 6.07) is 8.20. The van der Waals surface area contributed by atoms with Crippen LogP contribution in [0.1, 0.15) is 29.9 Å². The maximum atomic E-state index is 5.79. The zero-order chi connectivity index (χ0) is 12.3. The molecule has 0 bridgehead atoms. The fraction of sp³-hybridized carbons (Fsp3) is 0.417. The molecule has 17 heavy (non-hydrogen) atoms. The number of hydrogen-bond acceptors (Lipinski definition) is 4. The van der Waals surface area contributed by atoms with Gasteiger partial charge in [-0.3, -0.25) is 0 Å². The minimum Gasteiger partial charge on any atom is -0.322 e. The summed E-state index contributed by atoms with van der Waals surface area (Å²) in [5.41, 5.74) is 8.41. The first-order chi connectivity index (χ1) is 8.18. The summed E-state index contributed by atoms with van der Waals surface area (Å²) < 4.78 is 1.77. The minimum atomic E-state index is -0.137. The first kappa shape index (κ1) is 11.7. The third-order valence-corrected chi connectivity index (χ3v) is 2.82. The van der Waals surface area contributed by atoms with E-state index in [1.54, 1.807) is 4.68 Å². The highest BCUT2D eigenvalue weighted by molar-refractivity contribution is 5.25. The number of aromatic nitrogens is 4. The first-order valence-electron chi connectivity index (χ1n) is 5.74. The van der Waals surface area contributed by atoms with Crippen molar-refractivity contribution < 1.29 is 0 Å². The second kappa shape index (κ2) is 5.05. The highest BCUT2D eigenvalue weighted by Gasteiger charge is 2.10. The summed E-state index contributed by atoms with van der Waals surface area (Å²) in [7, 11) is 0. The average molecular weight is 231 g/mol. The molecule has 1 unspecified atom stereocenters. The maximum absolute atomic E-state index is 5.79. The van der Waals surface area contributed by atoms with E-state index in [0.717, 1.165) is 18.8 Å². The van der Waals surface area contributed by atoms with Gasteiger partial charge >= 0.3 is 0 Å². The van der Waals surface area contributed by atoms with Crippen molar-refractivity contribution in [1.29, 1.82) is 0 Å². The molecule has 0 fully saturated rings. The second-order valence-corrected chi connectivity index (χ2v) is 4.23. The van der Waals surface area contributed by atoms with Crippen molar-refractivity contribution in [2.45, 2.75) is 32.9 Å². The molecule has 0 aliphatic carbocycles. The van der Waals surface area contributed by atoms with Crippen molar-refractivity contribution in [2.24, 2.45) is 5.73 Å². The number of tetrazole rings is 1. The van der Waals surface area contributed by atoms with E-state index >= 15 is 0 Å². The number of benzene rings is 1. The third-order valence-electron chi connectivity index (χ3n) is 2.82. The van der Waals surface area contributed by atoms with Gasteiger partial charge in [0.25, 0.3) is 0 Å². The second-order valence-electron chi connectivity index (χ2n) is 4.23.